The summed E-state index contributed by atoms with van der Waals surface area (Å²) in [6.45, 7) is 2.42. The normalized spacial score (nSPS) is 15.3. The summed E-state index contributed by atoms with van der Waals surface area (Å²) in [6, 6.07) is 6.76. The molecule has 10 heteroatoms. The Labute approximate surface area is 184 Å². The SMILES string of the molecule is CSc1nnc(CCCNC(=O)C(C)Sc2ccc([N+](=O)[O-])cc2)n1C1CCCC1. The summed E-state index contributed by atoms with van der Waals surface area (Å²) in [4.78, 5) is 23.5. The number of nitrogens with zero attached hydrogens (tertiary/aromatic N) is 4. The van der Waals surface area contributed by atoms with Gasteiger partial charge < -0.3 is 9.88 Å². The number of amides is 1. The van der Waals surface area contributed by atoms with Gasteiger partial charge in [0.25, 0.3) is 5.69 Å². The predicted molar refractivity (Wildman–Crippen MR) is 119 cm³/mol. The molecule has 2 aromatic rings. The minimum atomic E-state index is -0.430. The molecule has 1 N–H and O–H groups in total. The highest BCUT2D eigenvalue weighted by Gasteiger charge is 2.23. The molecule has 1 fully saturated rings. The maximum Gasteiger partial charge on any atom is 0.269 e. The summed E-state index contributed by atoms with van der Waals surface area (Å²) in [5.41, 5.74) is 0.0477. The average Bonchev–Trinajstić information content (AvgIpc) is 3.40. The molecule has 0 bridgehead atoms. The van der Waals surface area contributed by atoms with E-state index in [-0.39, 0.29) is 16.8 Å². The molecule has 0 radical (unpaired) electrons. The van der Waals surface area contributed by atoms with Gasteiger partial charge in [-0.15, -0.1) is 22.0 Å². The lowest BCUT2D eigenvalue weighted by Crippen LogP contribution is -2.32. The molecule has 1 saturated carbocycles. The Hall–Kier alpha value is -2.07. The Bertz CT molecular complexity index is 866. The average molecular weight is 450 g/mol. The van der Waals surface area contributed by atoms with E-state index in [9.17, 15) is 14.9 Å². The van der Waals surface area contributed by atoms with Gasteiger partial charge in [-0.3, -0.25) is 14.9 Å². The molecule has 1 aliphatic carbocycles. The number of benzene rings is 1. The number of carbonyl (C=O) groups excluding carboxylic acids is 1. The van der Waals surface area contributed by atoms with E-state index in [0.29, 0.717) is 12.6 Å². The summed E-state index contributed by atoms with van der Waals surface area (Å²) >= 11 is 3.02. The molecule has 1 amide bonds. The number of thioether (sulfide) groups is 2. The van der Waals surface area contributed by atoms with E-state index < -0.39 is 4.92 Å². The second-order valence-corrected chi connectivity index (χ2v) is 9.50. The van der Waals surface area contributed by atoms with Crippen LogP contribution < -0.4 is 5.32 Å². The van der Waals surface area contributed by atoms with Gasteiger partial charge in [-0.05, 0) is 44.6 Å². The van der Waals surface area contributed by atoms with Crippen LogP contribution in [-0.4, -0.2) is 43.6 Å². The van der Waals surface area contributed by atoms with Gasteiger partial charge in [0, 0.05) is 36.0 Å². The van der Waals surface area contributed by atoms with Crippen LogP contribution in [0.15, 0.2) is 34.3 Å². The van der Waals surface area contributed by atoms with Crippen LogP contribution in [0.4, 0.5) is 5.69 Å². The van der Waals surface area contributed by atoms with Gasteiger partial charge in [0.1, 0.15) is 5.82 Å². The second-order valence-electron chi connectivity index (χ2n) is 7.32. The summed E-state index contributed by atoms with van der Waals surface area (Å²) in [7, 11) is 0. The Kier molecular flexibility index (Phi) is 8.15. The molecular weight excluding hydrogens is 422 g/mol. The monoisotopic (exact) mass is 449 g/mol. The van der Waals surface area contributed by atoms with E-state index >= 15 is 0 Å². The minimum absolute atomic E-state index is 0.0413. The highest BCUT2D eigenvalue weighted by molar-refractivity contribution is 8.00. The lowest BCUT2D eigenvalue weighted by Gasteiger charge is -2.16. The number of nitrogens with one attached hydrogen (secondary N) is 1. The summed E-state index contributed by atoms with van der Waals surface area (Å²) in [6.07, 6.45) is 8.52. The number of aromatic nitrogens is 3. The highest BCUT2D eigenvalue weighted by Crippen LogP contribution is 2.33. The molecule has 8 nitrogen and oxygen atoms in total. The minimum Gasteiger partial charge on any atom is -0.355 e. The van der Waals surface area contributed by atoms with Crippen molar-refractivity contribution in [1.82, 2.24) is 20.1 Å². The first-order chi connectivity index (χ1) is 14.5. The topological polar surface area (TPSA) is 103 Å². The van der Waals surface area contributed by atoms with Gasteiger partial charge >= 0.3 is 0 Å². The van der Waals surface area contributed by atoms with Crippen molar-refractivity contribution >= 4 is 35.1 Å². The Balaban J connectivity index is 1.45. The number of aryl methyl sites for hydroxylation is 1. The number of nitro benzene ring substituents is 1. The van der Waals surface area contributed by atoms with Crippen LogP contribution in [0.3, 0.4) is 0 Å². The van der Waals surface area contributed by atoms with Gasteiger partial charge in [0.05, 0.1) is 10.2 Å². The number of non-ortho nitro benzene ring substituents is 1. The number of hydrogen-bond donors (Lipinski definition) is 1. The lowest BCUT2D eigenvalue weighted by atomic mass is 10.2. The molecule has 0 aliphatic heterocycles. The molecule has 1 atom stereocenters. The molecular formula is C20H27N5O3S2. The van der Waals surface area contributed by atoms with Gasteiger partial charge in [0.2, 0.25) is 5.91 Å². The van der Waals surface area contributed by atoms with E-state index in [1.807, 2.05) is 13.2 Å². The van der Waals surface area contributed by atoms with Crippen LogP contribution in [0.2, 0.25) is 0 Å². The molecule has 1 aromatic heterocycles. The van der Waals surface area contributed by atoms with Crippen LogP contribution in [-0.2, 0) is 11.2 Å². The van der Waals surface area contributed by atoms with Crippen molar-refractivity contribution in [2.45, 2.75) is 66.8 Å². The third-order valence-corrected chi connectivity index (χ3v) is 6.97. The van der Waals surface area contributed by atoms with Gasteiger partial charge in [-0.2, -0.15) is 0 Å². The van der Waals surface area contributed by atoms with Crippen molar-refractivity contribution in [2.24, 2.45) is 0 Å². The molecule has 1 aromatic carbocycles. The van der Waals surface area contributed by atoms with E-state index in [2.05, 4.69) is 20.1 Å². The van der Waals surface area contributed by atoms with Crippen LogP contribution in [0.1, 0.15) is 50.9 Å². The van der Waals surface area contributed by atoms with Crippen molar-refractivity contribution in [3.63, 3.8) is 0 Å². The number of hydrogen-bond acceptors (Lipinski definition) is 7. The predicted octanol–water partition coefficient (Wildman–Crippen LogP) is 4.25. The number of carbonyl (C=O) groups is 1. The van der Waals surface area contributed by atoms with Crippen LogP contribution in [0.25, 0.3) is 0 Å². The molecule has 162 valence electrons. The van der Waals surface area contributed by atoms with Crippen LogP contribution >= 0.6 is 23.5 Å². The van der Waals surface area contributed by atoms with Gasteiger partial charge in [-0.1, -0.05) is 24.6 Å². The smallest absolute Gasteiger partial charge is 0.269 e. The van der Waals surface area contributed by atoms with Crippen molar-refractivity contribution in [3.05, 3.63) is 40.2 Å². The molecule has 1 heterocycles. The first-order valence-electron chi connectivity index (χ1n) is 10.2. The first-order valence-corrected chi connectivity index (χ1v) is 12.3. The Morgan fingerprint density at radius 1 is 1.30 bits per heavy atom. The van der Waals surface area contributed by atoms with Crippen molar-refractivity contribution in [3.8, 4) is 0 Å². The fraction of sp³-hybridized carbons (Fsp3) is 0.550. The molecule has 30 heavy (non-hydrogen) atoms. The second kappa shape index (κ2) is 10.8. The zero-order chi connectivity index (χ0) is 21.5. The maximum absolute atomic E-state index is 12.4. The third kappa shape index (κ3) is 5.75. The van der Waals surface area contributed by atoms with Crippen molar-refractivity contribution in [1.29, 1.82) is 0 Å². The Morgan fingerprint density at radius 2 is 2.00 bits per heavy atom. The summed E-state index contributed by atoms with van der Waals surface area (Å²) in [5.74, 6) is 0.967. The van der Waals surface area contributed by atoms with Gasteiger partial charge in [0.15, 0.2) is 5.16 Å². The highest BCUT2D eigenvalue weighted by atomic mass is 32.2. The summed E-state index contributed by atoms with van der Waals surface area (Å²) in [5, 5.41) is 23.1. The fourth-order valence-corrected chi connectivity index (χ4v) is 5.12. The number of nitro groups is 1. The quantitative estimate of drug-likeness (QED) is 0.250. The zero-order valence-electron chi connectivity index (χ0n) is 17.2. The number of rotatable bonds is 10. The van der Waals surface area contributed by atoms with Crippen LogP contribution in [0.5, 0.6) is 0 Å². The van der Waals surface area contributed by atoms with E-state index in [0.717, 1.165) is 28.7 Å². The largest absolute Gasteiger partial charge is 0.355 e. The third-order valence-electron chi connectivity index (χ3n) is 5.21. The summed E-state index contributed by atoms with van der Waals surface area (Å²) < 4.78 is 2.30. The lowest BCUT2D eigenvalue weighted by molar-refractivity contribution is -0.384. The van der Waals surface area contributed by atoms with E-state index in [1.54, 1.807) is 23.9 Å². The van der Waals surface area contributed by atoms with Crippen LogP contribution in [0, 0.1) is 10.1 Å². The fourth-order valence-electron chi connectivity index (χ4n) is 3.65. The Morgan fingerprint density at radius 3 is 2.63 bits per heavy atom. The first kappa shape index (κ1) is 22.6. The van der Waals surface area contributed by atoms with Gasteiger partial charge in [-0.25, -0.2) is 0 Å². The van der Waals surface area contributed by atoms with Crippen molar-refractivity contribution < 1.29 is 9.72 Å². The van der Waals surface area contributed by atoms with Crippen molar-refractivity contribution in [2.75, 3.05) is 12.8 Å². The molecule has 1 aliphatic rings. The molecule has 3 rings (SSSR count). The zero-order valence-corrected chi connectivity index (χ0v) is 18.9. The van der Waals surface area contributed by atoms with E-state index in [4.69, 9.17) is 0 Å². The molecule has 0 spiro atoms. The maximum atomic E-state index is 12.4. The van der Waals surface area contributed by atoms with E-state index in [1.165, 1.54) is 49.6 Å². The standard InChI is InChI=1S/C20H27N5O3S2/c1-14(30-17-11-9-16(10-12-17)25(27)28)19(26)21-13-5-8-18-22-23-20(29-2)24(18)15-6-3-4-7-15/h9-12,14-15H,3-8,13H2,1-2H3,(H,21,26). The molecule has 1 unspecified atom stereocenters. The molecule has 0 saturated heterocycles.